The number of ether oxygens (including phenoxy) is 1. The molecular formula is C10H13N3O5. The van der Waals surface area contributed by atoms with Gasteiger partial charge in [0.15, 0.2) is 11.5 Å². The largest absolute Gasteiger partial charge is 0.382 e. The van der Waals surface area contributed by atoms with Crippen molar-refractivity contribution in [1.82, 2.24) is 10.5 Å². The second-order valence-electron chi connectivity index (χ2n) is 3.53. The number of aromatic nitrogens is 1. The molecule has 1 heterocycles. The number of carbonyl (C=O) groups excluding carboxylic acids is 3. The monoisotopic (exact) mass is 255 g/mol. The smallest absolute Gasteiger partial charge is 0.287 e. The van der Waals surface area contributed by atoms with Crippen LogP contribution in [0.4, 0.5) is 0 Å². The highest BCUT2D eigenvalue weighted by Gasteiger charge is 2.21. The van der Waals surface area contributed by atoms with Gasteiger partial charge in [-0.3, -0.25) is 14.4 Å². The Hall–Kier alpha value is -2.22. The molecule has 8 heteroatoms. The average Bonchev–Trinajstić information content (AvgIpc) is 2.77. The first-order valence-electron chi connectivity index (χ1n) is 5.02. The number of methoxy groups -OCH3 is 1. The maximum Gasteiger partial charge on any atom is 0.287 e. The van der Waals surface area contributed by atoms with Crippen LogP contribution in [0.2, 0.25) is 0 Å². The molecule has 0 spiro atoms. The lowest BCUT2D eigenvalue weighted by molar-refractivity contribution is -0.119. The molecule has 0 saturated heterocycles. The number of nitrogens with zero attached hydrogens (tertiary/aromatic N) is 1. The van der Waals surface area contributed by atoms with Crippen molar-refractivity contribution in [3.05, 3.63) is 17.5 Å². The minimum Gasteiger partial charge on any atom is -0.382 e. The lowest BCUT2D eigenvalue weighted by Crippen LogP contribution is -2.42. The van der Waals surface area contributed by atoms with Gasteiger partial charge in [0.05, 0.1) is 6.61 Å². The molecule has 1 rings (SSSR count). The van der Waals surface area contributed by atoms with Crippen LogP contribution in [-0.2, 0) is 9.53 Å². The van der Waals surface area contributed by atoms with Gasteiger partial charge in [-0.1, -0.05) is 5.16 Å². The summed E-state index contributed by atoms with van der Waals surface area (Å²) in [6, 6.07) is 0.318. The van der Waals surface area contributed by atoms with E-state index in [1.807, 2.05) is 0 Å². The van der Waals surface area contributed by atoms with Gasteiger partial charge in [-0.2, -0.15) is 0 Å². The van der Waals surface area contributed by atoms with E-state index in [1.165, 1.54) is 14.0 Å². The minimum atomic E-state index is -0.832. The highest BCUT2D eigenvalue weighted by atomic mass is 16.5. The van der Waals surface area contributed by atoms with Gasteiger partial charge >= 0.3 is 0 Å². The van der Waals surface area contributed by atoms with E-state index in [0.717, 1.165) is 6.07 Å². The van der Waals surface area contributed by atoms with Crippen LogP contribution < -0.4 is 11.1 Å². The van der Waals surface area contributed by atoms with E-state index in [0.29, 0.717) is 0 Å². The van der Waals surface area contributed by atoms with Crippen molar-refractivity contribution in [3.8, 4) is 0 Å². The van der Waals surface area contributed by atoms with E-state index in [1.54, 1.807) is 0 Å². The lowest BCUT2D eigenvalue weighted by atomic mass is 10.2. The predicted octanol–water partition coefficient (Wildman–Crippen LogP) is -0.893. The molecule has 1 aromatic rings. The predicted molar refractivity (Wildman–Crippen MR) is 58.8 cm³/mol. The van der Waals surface area contributed by atoms with Crippen molar-refractivity contribution in [3.63, 3.8) is 0 Å². The Kier molecular flexibility index (Phi) is 4.55. The molecule has 0 fully saturated rings. The summed E-state index contributed by atoms with van der Waals surface area (Å²) in [7, 11) is 1.41. The summed E-state index contributed by atoms with van der Waals surface area (Å²) >= 11 is 0. The SMILES string of the molecule is COC[C@H](NC(=O)c1cc(C(N)=O)on1)C(C)=O. The molecule has 0 aliphatic rings. The molecule has 8 nitrogen and oxygen atoms in total. The summed E-state index contributed by atoms with van der Waals surface area (Å²) in [5.74, 6) is -1.97. The van der Waals surface area contributed by atoms with Crippen LogP contribution >= 0.6 is 0 Å². The van der Waals surface area contributed by atoms with E-state index in [2.05, 4.69) is 15.0 Å². The fraction of sp³-hybridized carbons (Fsp3) is 0.400. The van der Waals surface area contributed by atoms with E-state index < -0.39 is 17.9 Å². The zero-order valence-electron chi connectivity index (χ0n) is 9.93. The molecule has 0 aliphatic carbocycles. The number of carbonyl (C=O) groups is 3. The van der Waals surface area contributed by atoms with Crippen LogP contribution in [-0.4, -0.2) is 42.5 Å². The van der Waals surface area contributed by atoms with Crippen LogP contribution in [0.3, 0.4) is 0 Å². The Morgan fingerprint density at radius 1 is 1.56 bits per heavy atom. The third-order valence-corrected chi connectivity index (χ3v) is 2.12. The Morgan fingerprint density at radius 3 is 2.67 bits per heavy atom. The first-order chi connectivity index (χ1) is 8.45. The van der Waals surface area contributed by atoms with Gasteiger partial charge in [-0.25, -0.2) is 0 Å². The molecule has 1 atom stereocenters. The molecule has 0 saturated carbocycles. The van der Waals surface area contributed by atoms with Crippen molar-refractivity contribution < 1.29 is 23.6 Å². The maximum absolute atomic E-state index is 11.7. The van der Waals surface area contributed by atoms with Crippen molar-refractivity contribution in [2.45, 2.75) is 13.0 Å². The number of primary amides is 1. The zero-order chi connectivity index (χ0) is 13.7. The fourth-order valence-corrected chi connectivity index (χ4v) is 1.16. The third kappa shape index (κ3) is 3.39. The minimum absolute atomic E-state index is 0.0433. The van der Waals surface area contributed by atoms with Crippen molar-refractivity contribution in [2.24, 2.45) is 5.73 Å². The normalized spacial score (nSPS) is 11.9. The number of Topliss-reactive ketones (excluding diaryl/α,β-unsaturated/α-hetero) is 1. The van der Waals surface area contributed by atoms with Gasteiger partial charge < -0.3 is 20.3 Å². The summed E-state index contributed by atoms with van der Waals surface area (Å²) in [6.07, 6.45) is 0. The lowest BCUT2D eigenvalue weighted by Gasteiger charge is -2.13. The number of hydrogen-bond acceptors (Lipinski definition) is 6. The van der Waals surface area contributed by atoms with Crippen molar-refractivity contribution in [2.75, 3.05) is 13.7 Å². The van der Waals surface area contributed by atoms with Crippen molar-refractivity contribution in [1.29, 1.82) is 0 Å². The number of hydrogen-bond donors (Lipinski definition) is 2. The quantitative estimate of drug-likeness (QED) is 0.679. The van der Waals surface area contributed by atoms with Gasteiger partial charge in [-0.15, -0.1) is 0 Å². The first-order valence-corrected chi connectivity index (χ1v) is 5.02. The van der Waals surface area contributed by atoms with Gasteiger partial charge in [0.1, 0.15) is 6.04 Å². The van der Waals surface area contributed by atoms with Gasteiger partial charge in [0, 0.05) is 13.2 Å². The van der Waals surface area contributed by atoms with Gasteiger partial charge in [-0.05, 0) is 6.92 Å². The molecule has 18 heavy (non-hydrogen) atoms. The Morgan fingerprint density at radius 2 is 2.22 bits per heavy atom. The molecule has 0 aliphatic heterocycles. The number of nitrogens with one attached hydrogen (secondary N) is 1. The average molecular weight is 255 g/mol. The Labute approximate surface area is 102 Å². The van der Waals surface area contributed by atoms with Crippen LogP contribution in [0.25, 0.3) is 0 Å². The summed E-state index contributed by atoms with van der Waals surface area (Å²) < 4.78 is 9.34. The summed E-state index contributed by atoms with van der Waals surface area (Å²) in [5.41, 5.74) is 4.81. The molecule has 2 amide bonds. The van der Waals surface area contributed by atoms with Crippen LogP contribution in [0.1, 0.15) is 28.0 Å². The summed E-state index contributed by atoms with van der Waals surface area (Å²) in [6.45, 7) is 1.36. The maximum atomic E-state index is 11.7. The Bertz CT molecular complexity index is 468. The molecule has 3 N–H and O–H groups in total. The molecule has 0 aromatic carbocycles. The standard InChI is InChI=1S/C10H13N3O5/c1-5(14)7(4-17-2)12-10(16)6-3-8(9(11)15)18-13-6/h3,7H,4H2,1-2H3,(H2,11,15)(H,12,16)/t7-/m0/s1. The topological polar surface area (TPSA) is 125 Å². The van der Waals surface area contributed by atoms with Crippen molar-refractivity contribution >= 4 is 17.6 Å². The second-order valence-corrected chi connectivity index (χ2v) is 3.53. The van der Waals surface area contributed by atoms with Crippen LogP contribution in [0.15, 0.2) is 10.6 Å². The third-order valence-electron chi connectivity index (χ3n) is 2.12. The Balaban J connectivity index is 2.74. The zero-order valence-corrected chi connectivity index (χ0v) is 9.93. The van der Waals surface area contributed by atoms with Crippen LogP contribution in [0, 0.1) is 0 Å². The summed E-state index contributed by atoms with van der Waals surface area (Å²) in [4.78, 5) is 33.6. The molecule has 1 aromatic heterocycles. The highest BCUT2D eigenvalue weighted by Crippen LogP contribution is 2.03. The molecule has 98 valence electrons. The molecule has 0 radical (unpaired) electrons. The fourth-order valence-electron chi connectivity index (χ4n) is 1.16. The first kappa shape index (κ1) is 13.8. The highest BCUT2D eigenvalue weighted by molar-refractivity contribution is 5.98. The number of rotatable bonds is 6. The number of ketones is 1. The van der Waals surface area contributed by atoms with Crippen LogP contribution in [0.5, 0.6) is 0 Å². The van der Waals surface area contributed by atoms with Gasteiger partial charge in [0.2, 0.25) is 5.76 Å². The van der Waals surface area contributed by atoms with Gasteiger partial charge in [0.25, 0.3) is 11.8 Å². The van der Waals surface area contributed by atoms with E-state index in [9.17, 15) is 14.4 Å². The molecular weight excluding hydrogens is 242 g/mol. The number of nitrogens with two attached hydrogens (primary N) is 1. The second kappa shape index (κ2) is 5.92. The number of amides is 2. The molecule has 0 bridgehead atoms. The summed E-state index contributed by atoms with van der Waals surface area (Å²) in [5, 5.41) is 5.77. The van der Waals surface area contributed by atoms with E-state index >= 15 is 0 Å². The van der Waals surface area contributed by atoms with E-state index in [4.69, 9.17) is 10.5 Å². The van der Waals surface area contributed by atoms with E-state index in [-0.39, 0.29) is 23.8 Å². The molecule has 0 unspecified atom stereocenters.